The van der Waals surface area contributed by atoms with Gasteiger partial charge in [-0.2, -0.15) is 24.9 Å². The molecule has 1 aromatic rings. The number of rotatable bonds is 12. The molecule has 38 heavy (non-hydrogen) atoms. The molecule has 1 heterocycles. The van der Waals surface area contributed by atoms with E-state index in [2.05, 4.69) is 23.8 Å². The van der Waals surface area contributed by atoms with Gasteiger partial charge in [-0.15, -0.1) is 23.3 Å². The fraction of sp³-hybridized carbons (Fsp3) is 0.500. The van der Waals surface area contributed by atoms with Crippen LogP contribution in [0, 0.1) is 10.1 Å². The smallest absolute Gasteiger partial charge is 0.475 e. The summed E-state index contributed by atoms with van der Waals surface area (Å²) in [6.45, 7) is -0.0681. The fourth-order valence-electron chi connectivity index (χ4n) is 2.94. The number of esters is 1. The predicted octanol–water partition coefficient (Wildman–Crippen LogP) is 4.45. The summed E-state index contributed by atoms with van der Waals surface area (Å²) in [5, 5.41) is 9.01. The molecule has 0 saturated carbocycles. The number of ether oxygens (including phenoxy) is 5. The Morgan fingerprint density at radius 3 is 2.37 bits per heavy atom. The Morgan fingerprint density at radius 2 is 1.76 bits per heavy atom. The maximum atomic E-state index is 13.6. The number of fused-ring (bicyclic) bond motifs is 1. The van der Waals surface area contributed by atoms with E-state index < -0.39 is 54.0 Å². The lowest BCUT2D eigenvalue weighted by molar-refractivity contribution is -0.756. The number of benzene rings is 1. The van der Waals surface area contributed by atoms with Gasteiger partial charge in [-0.3, -0.25) is 0 Å². The molecule has 0 spiro atoms. The maximum absolute atomic E-state index is 13.6. The van der Waals surface area contributed by atoms with Crippen molar-refractivity contribution in [2.24, 2.45) is 0 Å². The van der Waals surface area contributed by atoms with Gasteiger partial charge in [0.25, 0.3) is 5.09 Å². The van der Waals surface area contributed by atoms with Crippen LogP contribution < -0.4 is 9.47 Å². The fourth-order valence-corrected chi connectivity index (χ4v) is 3.53. The molecular formula is C20H19F6NO10S. The van der Waals surface area contributed by atoms with Crippen molar-refractivity contribution in [2.75, 3.05) is 31.5 Å². The number of aryl methyl sites for hydroxylation is 1. The van der Waals surface area contributed by atoms with Gasteiger partial charge in [0.15, 0.2) is 0 Å². The van der Waals surface area contributed by atoms with E-state index in [4.69, 9.17) is 4.74 Å². The summed E-state index contributed by atoms with van der Waals surface area (Å²) >= 11 is 1.14. The zero-order valence-corrected chi connectivity index (χ0v) is 20.1. The maximum Gasteiger partial charge on any atom is 0.573 e. The number of hydrogen-bond acceptors (Lipinski definition) is 11. The van der Waals surface area contributed by atoms with E-state index >= 15 is 0 Å². The molecule has 1 aromatic carbocycles. The molecule has 2 rings (SSSR count). The van der Waals surface area contributed by atoms with Gasteiger partial charge in [0.1, 0.15) is 24.7 Å². The van der Waals surface area contributed by atoms with E-state index in [-0.39, 0.29) is 48.0 Å². The number of carbonyl (C=O) groups excluding carboxylic acids is 2. The summed E-state index contributed by atoms with van der Waals surface area (Å²) in [6.07, 6.45) is -13.7. The largest absolute Gasteiger partial charge is 0.573 e. The van der Waals surface area contributed by atoms with E-state index in [1.54, 1.807) is 0 Å². The third kappa shape index (κ3) is 9.71. The first-order valence-corrected chi connectivity index (χ1v) is 11.6. The summed E-state index contributed by atoms with van der Waals surface area (Å²) in [6, 6.07) is 1.62. The van der Waals surface area contributed by atoms with Crippen LogP contribution in [0.2, 0.25) is 0 Å². The van der Waals surface area contributed by atoms with Crippen molar-refractivity contribution in [2.45, 2.75) is 32.0 Å². The van der Waals surface area contributed by atoms with Crippen molar-refractivity contribution < 1.29 is 69.5 Å². The molecule has 18 heteroatoms. The van der Waals surface area contributed by atoms with Crippen molar-refractivity contribution in [3.63, 3.8) is 0 Å². The second-order valence-corrected chi connectivity index (χ2v) is 8.23. The molecule has 0 amide bonds. The molecule has 1 aliphatic heterocycles. The molecule has 0 saturated heterocycles. The third-order valence-electron chi connectivity index (χ3n) is 4.38. The zero-order chi connectivity index (χ0) is 28.5. The number of hydrogen-bond donors (Lipinski definition) is 0. The quantitative estimate of drug-likeness (QED) is 0.0869. The molecule has 0 N–H and O–H groups in total. The number of halogens is 6. The molecule has 212 valence electrons. The van der Waals surface area contributed by atoms with Gasteiger partial charge in [-0.25, -0.2) is 9.59 Å². The van der Waals surface area contributed by atoms with Crippen LogP contribution >= 0.6 is 11.8 Å². The van der Waals surface area contributed by atoms with Crippen molar-refractivity contribution in [1.82, 2.24) is 0 Å². The Hall–Kier alpha value is -3.57. The summed E-state index contributed by atoms with van der Waals surface area (Å²) in [5.41, 5.74) is -1.44. The topological polar surface area (TPSA) is 133 Å². The molecule has 1 aliphatic rings. The molecule has 0 fully saturated rings. The second kappa shape index (κ2) is 13.3. The van der Waals surface area contributed by atoms with Crippen molar-refractivity contribution in [1.29, 1.82) is 0 Å². The Morgan fingerprint density at radius 1 is 1.08 bits per heavy atom. The molecule has 1 unspecified atom stereocenters. The summed E-state index contributed by atoms with van der Waals surface area (Å²) in [4.78, 5) is 37.9. The van der Waals surface area contributed by atoms with Crippen molar-refractivity contribution in [3.05, 3.63) is 38.9 Å². The van der Waals surface area contributed by atoms with Crippen molar-refractivity contribution >= 4 is 30.0 Å². The first-order valence-electron chi connectivity index (χ1n) is 10.4. The van der Waals surface area contributed by atoms with Crippen LogP contribution in [-0.2, 0) is 30.3 Å². The monoisotopic (exact) mass is 579 g/mol. The number of alkyl halides is 6. The Labute approximate surface area is 214 Å². The SMILES string of the molecule is CCc1cc(OC(F)(F)F)cc2c1OC(C(F)(F)F)C(C(=O)OCOC(=O)OCCSCCO[N+](=O)[O-])=C2. The molecule has 11 nitrogen and oxygen atoms in total. The highest BCUT2D eigenvalue weighted by molar-refractivity contribution is 7.99. The van der Waals surface area contributed by atoms with Gasteiger partial charge in [0.2, 0.25) is 12.9 Å². The molecular weight excluding hydrogens is 560 g/mol. The zero-order valence-electron chi connectivity index (χ0n) is 19.3. The van der Waals surface area contributed by atoms with Gasteiger partial charge < -0.3 is 28.5 Å². The average molecular weight is 579 g/mol. The number of nitrogens with zero attached hydrogens (tertiary/aromatic N) is 1. The highest BCUT2D eigenvalue weighted by Gasteiger charge is 2.49. The van der Waals surface area contributed by atoms with E-state index in [1.807, 2.05) is 0 Å². The summed E-state index contributed by atoms with van der Waals surface area (Å²) in [7, 11) is 0. The van der Waals surface area contributed by atoms with E-state index in [0.29, 0.717) is 6.08 Å². The van der Waals surface area contributed by atoms with Crippen LogP contribution in [-0.4, -0.2) is 67.4 Å². The van der Waals surface area contributed by atoms with Crippen LogP contribution in [0.5, 0.6) is 11.5 Å². The van der Waals surface area contributed by atoms with Crippen molar-refractivity contribution in [3.8, 4) is 11.5 Å². The second-order valence-electron chi connectivity index (χ2n) is 7.00. The van der Waals surface area contributed by atoms with E-state index in [1.165, 1.54) is 6.92 Å². The Bertz CT molecular complexity index is 1050. The van der Waals surface area contributed by atoms with Gasteiger partial charge in [0, 0.05) is 17.1 Å². The molecule has 0 bridgehead atoms. The van der Waals surface area contributed by atoms with Gasteiger partial charge in [0.05, 0.1) is 5.57 Å². The van der Waals surface area contributed by atoms with E-state index in [0.717, 1.165) is 23.9 Å². The lowest BCUT2D eigenvalue weighted by atomic mass is 9.97. The molecule has 0 aliphatic carbocycles. The first-order chi connectivity index (χ1) is 17.7. The highest BCUT2D eigenvalue weighted by atomic mass is 32.2. The minimum absolute atomic E-state index is 0.0172. The molecule has 0 aromatic heterocycles. The normalized spacial score (nSPS) is 14.9. The highest BCUT2D eigenvalue weighted by Crippen LogP contribution is 2.42. The van der Waals surface area contributed by atoms with Gasteiger partial charge >= 0.3 is 24.7 Å². The lowest BCUT2D eigenvalue weighted by Gasteiger charge is -2.29. The minimum Gasteiger partial charge on any atom is -0.475 e. The standard InChI is InChI=1S/C20H19F6NO10S/c1-2-11-7-13(37-20(24,25)26)8-12-9-14(16(19(21,22)23)36-15(11)12)17(28)33-10-34-18(29)32-3-5-38-6-4-35-27(30)31/h7-9,16H,2-6,10H2,1H3. The Balaban J connectivity index is 2.02. The first kappa shape index (κ1) is 30.7. The Kier molecular flexibility index (Phi) is 10.7. The predicted molar refractivity (Wildman–Crippen MR) is 115 cm³/mol. The lowest BCUT2D eigenvalue weighted by Crippen LogP contribution is -2.41. The van der Waals surface area contributed by atoms with Gasteiger partial charge in [-0.05, 0) is 30.2 Å². The number of carbonyl (C=O) groups is 2. The van der Waals surface area contributed by atoms with Gasteiger partial charge in [-0.1, -0.05) is 6.92 Å². The average Bonchev–Trinajstić information content (AvgIpc) is 2.80. The summed E-state index contributed by atoms with van der Waals surface area (Å²) < 4.78 is 101. The van der Waals surface area contributed by atoms with Crippen LogP contribution in [0.4, 0.5) is 31.1 Å². The minimum atomic E-state index is -5.11. The molecule has 1 atom stereocenters. The van der Waals surface area contributed by atoms with E-state index in [9.17, 15) is 46.0 Å². The van der Waals surface area contributed by atoms with Crippen LogP contribution in [0.3, 0.4) is 0 Å². The van der Waals surface area contributed by atoms with Crippen LogP contribution in [0.1, 0.15) is 18.1 Å². The van der Waals surface area contributed by atoms with Crippen LogP contribution in [0.25, 0.3) is 6.08 Å². The third-order valence-corrected chi connectivity index (χ3v) is 5.29. The number of thioether (sulfide) groups is 1. The molecule has 0 radical (unpaired) electrons. The summed E-state index contributed by atoms with van der Waals surface area (Å²) in [5.74, 6) is -2.31. The van der Waals surface area contributed by atoms with Crippen LogP contribution in [0.15, 0.2) is 17.7 Å².